The maximum atomic E-state index is 3.92. The van der Waals surface area contributed by atoms with Gasteiger partial charge in [0.25, 0.3) is 0 Å². The Bertz CT molecular complexity index is 419. The van der Waals surface area contributed by atoms with Crippen molar-refractivity contribution in [1.82, 2.24) is 5.32 Å². The molecule has 2 aromatic rings. The Labute approximate surface area is 123 Å². The van der Waals surface area contributed by atoms with Crippen LogP contribution in [0.1, 0.15) is 54.3 Å². The van der Waals surface area contributed by atoms with E-state index >= 15 is 0 Å². The van der Waals surface area contributed by atoms with Gasteiger partial charge in [0, 0.05) is 15.8 Å². The molecule has 2 aromatic heterocycles. The molecule has 1 aliphatic carbocycles. The highest BCUT2D eigenvalue weighted by molar-refractivity contribution is 7.11. The van der Waals surface area contributed by atoms with Crippen LogP contribution in [0.15, 0.2) is 35.0 Å². The highest BCUT2D eigenvalue weighted by atomic mass is 32.1. The summed E-state index contributed by atoms with van der Waals surface area (Å²) < 4.78 is 0. The van der Waals surface area contributed by atoms with Crippen LogP contribution in [0.25, 0.3) is 0 Å². The number of hydrogen-bond acceptors (Lipinski definition) is 3. The molecule has 1 fully saturated rings. The molecule has 3 rings (SSSR count). The molecule has 0 saturated heterocycles. The lowest BCUT2D eigenvalue weighted by molar-refractivity contribution is 0.432. The molecule has 0 unspecified atom stereocenters. The summed E-state index contributed by atoms with van der Waals surface area (Å²) in [7, 11) is 0. The van der Waals surface area contributed by atoms with Gasteiger partial charge in [-0.15, -0.1) is 22.7 Å². The van der Waals surface area contributed by atoms with E-state index in [1.807, 2.05) is 22.7 Å². The second-order valence-corrected chi connectivity index (χ2v) is 7.28. The molecule has 1 saturated carbocycles. The molecular formula is C16H21NS2. The normalized spacial score (nSPS) is 17.7. The second kappa shape index (κ2) is 6.69. The number of thiophene rings is 2. The van der Waals surface area contributed by atoms with Crippen molar-refractivity contribution in [2.75, 3.05) is 0 Å². The maximum absolute atomic E-state index is 3.92. The summed E-state index contributed by atoms with van der Waals surface area (Å²) in [6, 6.07) is 9.95. The minimum absolute atomic E-state index is 0.406. The lowest BCUT2D eigenvalue weighted by Crippen LogP contribution is -2.32. The first-order valence-electron chi connectivity index (χ1n) is 7.26. The first-order valence-corrected chi connectivity index (χ1v) is 9.02. The van der Waals surface area contributed by atoms with Crippen molar-refractivity contribution in [3.63, 3.8) is 0 Å². The molecule has 0 atom stereocenters. The van der Waals surface area contributed by atoms with Crippen LogP contribution in [-0.2, 0) is 0 Å². The van der Waals surface area contributed by atoms with E-state index in [1.54, 1.807) is 0 Å². The fourth-order valence-electron chi connectivity index (χ4n) is 2.90. The molecule has 0 aliphatic heterocycles. The van der Waals surface area contributed by atoms with Gasteiger partial charge < -0.3 is 5.32 Å². The Morgan fingerprint density at radius 1 is 0.895 bits per heavy atom. The Morgan fingerprint density at radius 3 is 1.95 bits per heavy atom. The predicted molar refractivity (Wildman–Crippen MR) is 85.1 cm³/mol. The van der Waals surface area contributed by atoms with Crippen molar-refractivity contribution in [1.29, 1.82) is 0 Å². The molecule has 0 amide bonds. The van der Waals surface area contributed by atoms with Gasteiger partial charge in [0.15, 0.2) is 0 Å². The van der Waals surface area contributed by atoms with Crippen molar-refractivity contribution in [3.8, 4) is 0 Å². The third kappa shape index (κ3) is 3.47. The topological polar surface area (TPSA) is 12.0 Å². The van der Waals surface area contributed by atoms with Gasteiger partial charge in [-0.3, -0.25) is 0 Å². The molecule has 0 bridgehead atoms. The summed E-state index contributed by atoms with van der Waals surface area (Å²) in [5.74, 6) is 0. The highest BCUT2D eigenvalue weighted by Gasteiger charge is 2.21. The third-order valence-electron chi connectivity index (χ3n) is 3.91. The smallest absolute Gasteiger partial charge is 0.0766 e. The van der Waals surface area contributed by atoms with E-state index in [-0.39, 0.29) is 0 Å². The number of hydrogen-bond donors (Lipinski definition) is 1. The van der Waals surface area contributed by atoms with Crippen molar-refractivity contribution in [3.05, 3.63) is 44.8 Å². The van der Waals surface area contributed by atoms with Gasteiger partial charge >= 0.3 is 0 Å². The van der Waals surface area contributed by atoms with E-state index in [1.165, 1.54) is 48.3 Å². The summed E-state index contributed by atoms with van der Waals surface area (Å²) in [4.78, 5) is 2.90. The Morgan fingerprint density at radius 2 is 1.47 bits per heavy atom. The maximum Gasteiger partial charge on any atom is 0.0766 e. The fourth-order valence-corrected chi connectivity index (χ4v) is 4.58. The SMILES string of the molecule is c1csc(C(NC2CCCCCC2)c2cccs2)c1. The molecule has 2 heterocycles. The predicted octanol–water partition coefficient (Wildman–Crippen LogP) is 5.21. The van der Waals surface area contributed by atoms with E-state index < -0.39 is 0 Å². The van der Waals surface area contributed by atoms with E-state index in [2.05, 4.69) is 40.3 Å². The molecule has 0 spiro atoms. The average molecular weight is 291 g/mol. The molecule has 102 valence electrons. The molecule has 0 radical (unpaired) electrons. The fraction of sp³-hybridized carbons (Fsp3) is 0.500. The van der Waals surface area contributed by atoms with Crippen molar-refractivity contribution in [2.45, 2.75) is 50.6 Å². The molecule has 3 heteroatoms. The largest absolute Gasteiger partial charge is 0.302 e. The first-order chi connectivity index (χ1) is 9.43. The third-order valence-corrected chi connectivity index (χ3v) is 5.79. The zero-order valence-electron chi connectivity index (χ0n) is 11.2. The summed E-state index contributed by atoms with van der Waals surface area (Å²) in [5.41, 5.74) is 0. The average Bonchev–Trinajstić information content (AvgIpc) is 3.07. The van der Waals surface area contributed by atoms with E-state index in [0.29, 0.717) is 12.1 Å². The van der Waals surface area contributed by atoms with Crippen LogP contribution in [-0.4, -0.2) is 6.04 Å². The van der Waals surface area contributed by atoms with Gasteiger partial charge in [0.2, 0.25) is 0 Å². The Kier molecular flexibility index (Phi) is 4.70. The first kappa shape index (κ1) is 13.3. The van der Waals surface area contributed by atoms with Crippen molar-refractivity contribution < 1.29 is 0 Å². The van der Waals surface area contributed by atoms with Crippen LogP contribution < -0.4 is 5.32 Å². The van der Waals surface area contributed by atoms with Gasteiger partial charge in [0.05, 0.1) is 6.04 Å². The second-order valence-electron chi connectivity index (χ2n) is 5.32. The molecule has 0 aromatic carbocycles. The van der Waals surface area contributed by atoms with Crippen LogP contribution in [0, 0.1) is 0 Å². The lowest BCUT2D eigenvalue weighted by atomic mass is 10.1. The minimum Gasteiger partial charge on any atom is -0.302 e. The van der Waals surface area contributed by atoms with E-state index in [9.17, 15) is 0 Å². The zero-order valence-corrected chi connectivity index (χ0v) is 12.8. The molecular weight excluding hydrogens is 270 g/mol. The van der Waals surface area contributed by atoms with Gasteiger partial charge in [-0.1, -0.05) is 37.8 Å². The molecule has 19 heavy (non-hydrogen) atoms. The Balaban J connectivity index is 1.76. The lowest BCUT2D eigenvalue weighted by Gasteiger charge is -2.23. The van der Waals surface area contributed by atoms with Crippen molar-refractivity contribution in [2.24, 2.45) is 0 Å². The quantitative estimate of drug-likeness (QED) is 0.762. The van der Waals surface area contributed by atoms with Crippen LogP contribution >= 0.6 is 22.7 Å². The Hall–Kier alpha value is -0.640. The van der Waals surface area contributed by atoms with Gasteiger partial charge in [-0.25, -0.2) is 0 Å². The van der Waals surface area contributed by atoms with Gasteiger partial charge in [-0.2, -0.15) is 0 Å². The zero-order chi connectivity index (χ0) is 12.9. The highest BCUT2D eigenvalue weighted by Crippen LogP contribution is 2.31. The molecule has 1 nitrogen and oxygen atoms in total. The summed E-state index contributed by atoms with van der Waals surface area (Å²) in [6.07, 6.45) is 8.29. The summed E-state index contributed by atoms with van der Waals surface area (Å²) in [6.45, 7) is 0. The van der Waals surface area contributed by atoms with Gasteiger partial charge in [-0.05, 0) is 35.7 Å². The van der Waals surface area contributed by atoms with Crippen LogP contribution in [0.3, 0.4) is 0 Å². The van der Waals surface area contributed by atoms with Gasteiger partial charge in [0.1, 0.15) is 0 Å². The molecule has 1 aliphatic rings. The standard InChI is InChI=1S/C16H21NS2/c1-2-4-8-13(7-3-1)17-16(14-9-5-11-18-14)15-10-6-12-19-15/h5-6,9-13,16-17H,1-4,7-8H2. The number of nitrogens with one attached hydrogen (secondary N) is 1. The monoisotopic (exact) mass is 291 g/mol. The van der Waals surface area contributed by atoms with E-state index in [4.69, 9.17) is 0 Å². The number of rotatable bonds is 4. The van der Waals surface area contributed by atoms with Crippen LogP contribution in [0.4, 0.5) is 0 Å². The minimum atomic E-state index is 0.406. The van der Waals surface area contributed by atoms with Crippen LogP contribution in [0.5, 0.6) is 0 Å². The molecule has 1 N–H and O–H groups in total. The summed E-state index contributed by atoms with van der Waals surface area (Å²) >= 11 is 3.73. The van der Waals surface area contributed by atoms with Crippen molar-refractivity contribution >= 4 is 22.7 Å². The summed E-state index contributed by atoms with van der Waals surface area (Å²) in [5, 5.41) is 8.29. The van der Waals surface area contributed by atoms with E-state index in [0.717, 1.165) is 0 Å². The van der Waals surface area contributed by atoms with Crippen LogP contribution in [0.2, 0.25) is 0 Å².